The van der Waals surface area contributed by atoms with Gasteiger partial charge in [-0.05, 0) is 54.6 Å². The Morgan fingerprint density at radius 1 is 0.964 bits per heavy atom. The molecule has 0 heterocycles. The van der Waals surface area contributed by atoms with Gasteiger partial charge < -0.3 is 10.1 Å². The first kappa shape index (κ1) is 19.6. The summed E-state index contributed by atoms with van der Waals surface area (Å²) in [5.41, 5.74) is 3.32. The summed E-state index contributed by atoms with van der Waals surface area (Å²) in [5, 5.41) is 2.87. The number of methoxy groups -OCH3 is 1. The Balaban J connectivity index is 1.57. The maximum atomic E-state index is 13.8. The normalized spacial score (nSPS) is 10.7. The third-order valence-electron chi connectivity index (χ3n) is 4.37. The number of carbonyl (C=O) groups is 1. The lowest BCUT2D eigenvalue weighted by Crippen LogP contribution is -2.17. The van der Waals surface area contributed by atoms with Crippen molar-refractivity contribution in [2.75, 3.05) is 19.5 Å². The van der Waals surface area contributed by atoms with Crippen molar-refractivity contribution in [1.29, 1.82) is 0 Å². The monoisotopic (exact) mass is 378 g/mol. The zero-order valence-corrected chi connectivity index (χ0v) is 16.0. The van der Waals surface area contributed by atoms with Crippen LogP contribution in [-0.2, 0) is 13.1 Å². The summed E-state index contributed by atoms with van der Waals surface area (Å²) in [4.78, 5) is 14.4. The third kappa shape index (κ3) is 5.18. The first-order valence-electron chi connectivity index (χ1n) is 9.01. The first-order valence-corrected chi connectivity index (χ1v) is 9.01. The minimum absolute atomic E-state index is 0.139. The molecule has 0 atom stereocenters. The number of hydrogen-bond donors (Lipinski definition) is 1. The van der Waals surface area contributed by atoms with Gasteiger partial charge in [0.2, 0.25) is 0 Å². The predicted molar refractivity (Wildman–Crippen MR) is 109 cm³/mol. The highest BCUT2D eigenvalue weighted by Gasteiger charge is 2.09. The molecule has 0 bridgehead atoms. The average Bonchev–Trinajstić information content (AvgIpc) is 2.69. The number of para-hydroxylation sites is 1. The molecule has 144 valence electrons. The van der Waals surface area contributed by atoms with Gasteiger partial charge in [0.25, 0.3) is 5.91 Å². The molecule has 0 unspecified atom stereocenters. The lowest BCUT2D eigenvalue weighted by atomic mass is 10.1. The Labute approximate surface area is 164 Å². The zero-order chi connectivity index (χ0) is 19.9. The quantitative estimate of drug-likeness (QED) is 0.647. The first-order chi connectivity index (χ1) is 13.5. The minimum Gasteiger partial charge on any atom is -0.494 e. The lowest BCUT2D eigenvalue weighted by Gasteiger charge is -2.17. The van der Waals surface area contributed by atoms with Crippen LogP contribution >= 0.6 is 0 Å². The molecule has 1 amide bonds. The van der Waals surface area contributed by atoms with E-state index in [4.69, 9.17) is 4.74 Å². The molecule has 1 N–H and O–H groups in total. The van der Waals surface area contributed by atoms with Crippen LogP contribution in [0.2, 0.25) is 0 Å². The largest absolute Gasteiger partial charge is 0.494 e. The highest BCUT2D eigenvalue weighted by molar-refractivity contribution is 6.04. The molecule has 0 aliphatic carbocycles. The van der Waals surface area contributed by atoms with E-state index in [9.17, 15) is 9.18 Å². The van der Waals surface area contributed by atoms with E-state index in [0.29, 0.717) is 18.7 Å². The van der Waals surface area contributed by atoms with E-state index in [1.54, 1.807) is 6.07 Å². The van der Waals surface area contributed by atoms with Crippen molar-refractivity contribution < 1.29 is 13.9 Å². The van der Waals surface area contributed by atoms with Gasteiger partial charge in [0.15, 0.2) is 11.6 Å². The van der Waals surface area contributed by atoms with E-state index in [0.717, 1.165) is 16.8 Å². The van der Waals surface area contributed by atoms with Gasteiger partial charge in [-0.2, -0.15) is 0 Å². The van der Waals surface area contributed by atoms with Gasteiger partial charge in [0.05, 0.1) is 7.11 Å². The van der Waals surface area contributed by atoms with Crippen LogP contribution in [0.5, 0.6) is 5.75 Å². The Bertz CT molecular complexity index is 927. The Morgan fingerprint density at radius 2 is 1.61 bits per heavy atom. The number of rotatable bonds is 7. The summed E-state index contributed by atoms with van der Waals surface area (Å²) in [6.07, 6.45) is 0. The molecule has 0 fully saturated rings. The van der Waals surface area contributed by atoms with Gasteiger partial charge in [-0.3, -0.25) is 9.69 Å². The third-order valence-corrected chi connectivity index (χ3v) is 4.37. The van der Waals surface area contributed by atoms with Crippen LogP contribution in [0.15, 0.2) is 72.8 Å². The fourth-order valence-electron chi connectivity index (χ4n) is 2.97. The van der Waals surface area contributed by atoms with Crippen LogP contribution in [0, 0.1) is 5.82 Å². The Hall–Kier alpha value is -3.18. The second-order valence-electron chi connectivity index (χ2n) is 6.66. The number of carbonyl (C=O) groups excluding carboxylic acids is 1. The number of halogens is 1. The fourth-order valence-corrected chi connectivity index (χ4v) is 2.97. The summed E-state index contributed by atoms with van der Waals surface area (Å²) in [5.74, 6) is -0.252. The summed E-state index contributed by atoms with van der Waals surface area (Å²) in [6, 6.07) is 21.8. The van der Waals surface area contributed by atoms with Crippen LogP contribution in [0.4, 0.5) is 10.1 Å². The molecule has 4 nitrogen and oxygen atoms in total. The molecule has 28 heavy (non-hydrogen) atoms. The Kier molecular flexibility index (Phi) is 6.40. The maximum absolute atomic E-state index is 13.8. The molecule has 3 rings (SSSR count). The number of amides is 1. The van der Waals surface area contributed by atoms with Gasteiger partial charge in [0.1, 0.15) is 0 Å². The molecule has 3 aromatic rings. The van der Waals surface area contributed by atoms with Crippen LogP contribution in [0.25, 0.3) is 0 Å². The molecular weight excluding hydrogens is 355 g/mol. The fraction of sp³-hybridized carbons (Fsp3) is 0.174. The smallest absolute Gasteiger partial charge is 0.255 e. The van der Waals surface area contributed by atoms with Crippen molar-refractivity contribution in [1.82, 2.24) is 4.90 Å². The lowest BCUT2D eigenvalue weighted by molar-refractivity contribution is 0.102. The maximum Gasteiger partial charge on any atom is 0.255 e. The van der Waals surface area contributed by atoms with Gasteiger partial charge in [-0.25, -0.2) is 4.39 Å². The van der Waals surface area contributed by atoms with Crippen molar-refractivity contribution in [3.05, 3.63) is 95.3 Å². The summed E-state index contributed by atoms with van der Waals surface area (Å²) >= 11 is 0. The predicted octanol–water partition coefficient (Wildman–Crippen LogP) is 4.72. The number of benzene rings is 3. The minimum atomic E-state index is -0.359. The molecule has 3 aromatic carbocycles. The number of nitrogens with one attached hydrogen (secondary N) is 1. The molecule has 0 aliphatic rings. The van der Waals surface area contributed by atoms with E-state index < -0.39 is 0 Å². The van der Waals surface area contributed by atoms with E-state index in [-0.39, 0.29) is 17.5 Å². The van der Waals surface area contributed by atoms with E-state index in [1.165, 1.54) is 13.2 Å². The average molecular weight is 378 g/mol. The van der Waals surface area contributed by atoms with Gasteiger partial charge >= 0.3 is 0 Å². The summed E-state index contributed by atoms with van der Waals surface area (Å²) in [7, 11) is 3.42. The van der Waals surface area contributed by atoms with Crippen molar-refractivity contribution in [3.63, 3.8) is 0 Å². The number of ether oxygens (including phenoxy) is 1. The van der Waals surface area contributed by atoms with Gasteiger partial charge in [-0.1, -0.05) is 36.4 Å². The summed E-state index contributed by atoms with van der Waals surface area (Å²) in [6.45, 7) is 1.30. The van der Waals surface area contributed by atoms with Gasteiger partial charge in [0, 0.05) is 24.3 Å². The molecule has 0 aromatic heterocycles. The van der Waals surface area contributed by atoms with Crippen LogP contribution in [-0.4, -0.2) is 25.0 Å². The molecule has 0 radical (unpaired) electrons. The van der Waals surface area contributed by atoms with E-state index >= 15 is 0 Å². The van der Waals surface area contributed by atoms with Crippen LogP contribution in [0.1, 0.15) is 21.5 Å². The number of nitrogens with zero attached hydrogens (tertiary/aromatic N) is 1. The highest BCUT2D eigenvalue weighted by atomic mass is 19.1. The number of anilines is 1. The van der Waals surface area contributed by atoms with Crippen molar-refractivity contribution in [2.45, 2.75) is 13.1 Å². The zero-order valence-electron chi connectivity index (χ0n) is 16.0. The molecule has 0 saturated carbocycles. The topological polar surface area (TPSA) is 41.6 Å². The van der Waals surface area contributed by atoms with E-state index in [2.05, 4.69) is 10.2 Å². The molecule has 0 saturated heterocycles. The van der Waals surface area contributed by atoms with Crippen molar-refractivity contribution in [3.8, 4) is 5.75 Å². The second kappa shape index (κ2) is 9.15. The molecule has 5 heteroatoms. The molecular formula is C23H23FN2O2. The highest BCUT2D eigenvalue weighted by Crippen LogP contribution is 2.19. The van der Waals surface area contributed by atoms with Crippen LogP contribution < -0.4 is 10.1 Å². The van der Waals surface area contributed by atoms with Crippen LogP contribution in [0.3, 0.4) is 0 Å². The van der Waals surface area contributed by atoms with E-state index in [1.807, 2.05) is 67.7 Å². The standard InChI is InChI=1S/C23H23FN2O2/c1-26(16-18-10-13-22(28-2)21(24)14-18)15-17-8-11-19(12-9-17)23(27)25-20-6-4-3-5-7-20/h3-14H,15-16H2,1-2H3,(H,25,27). The molecule has 0 aliphatic heterocycles. The Morgan fingerprint density at radius 3 is 2.25 bits per heavy atom. The number of hydrogen-bond acceptors (Lipinski definition) is 3. The van der Waals surface area contributed by atoms with Crippen molar-refractivity contribution in [2.24, 2.45) is 0 Å². The molecule has 0 spiro atoms. The van der Waals surface area contributed by atoms with Gasteiger partial charge in [-0.15, -0.1) is 0 Å². The SMILES string of the molecule is COc1ccc(CN(C)Cc2ccc(C(=O)Nc3ccccc3)cc2)cc1F. The summed E-state index contributed by atoms with van der Waals surface area (Å²) < 4.78 is 18.8. The second-order valence-corrected chi connectivity index (χ2v) is 6.66. The van der Waals surface area contributed by atoms with Crippen molar-refractivity contribution >= 4 is 11.6 Å².